The largest absolute Gasteiger partial charge is 0.496 e. The fraction of sp³-hybridized carbons (Fsp3) is 0.323. The number of carbonyl (C=O) groups excluding carboxylic acids is 2. The number of fused-ring (bicyclic) bond motifs is 1. The SMILES string of the molecule is C=C(/C(=C\C=C/C)OC)c1c[nH]c2ncc(-c3ccc(NC(=O)OCC4CCCCO4)c(C(=O)N(C)C)c3)cc12. The summed E-state index contributed by atoms with van der Waals surface area (Å²) in [7, 11) is 4.94. The van der Waals surface area contributed by atoms with Crippen LogP contribution in [0.4, 0.5) is 10.5 Å². The summed E-state index contributed by atoms with van der Waals surface area (Å²) < 4.78 is 16.6. The van der Waals surface area contributed by atoms with Crippen molar-refractivity contribution in [3.05, 3.63) is 78.4 Å². The van der Waals surface area contributed by atoms with Crippen LogP contribution in [0.5, 0.6) is 0 Å². The summed E-state index contributed by atoms with van der Waals surface area (Å²) in [5.41, 5.74) is 4.54. The average Bonchev–Trinajstić information content (AvgIpc) is 3.40. The van der Waals surface area contributed by atoms with Gasteiger partial charge in [0.25, 0.3) is 5.91 Å². The molecule has 2 N–H and O–H groups in total. The molecule has 1 aromatic carbocycles. The molecule has 0 saturated carbocycles. The van der Waals surface area contributed by atoms with Crippen molar-refractivity contribution in [3.8, 4) is 11.1 Å². The number of H-pyrrole nitrogens is 1. The number of allylic oxidation sites excluding steroid dienone is 4. The predicted molar refractivity (Wildman–Crippen MR) is 157 cm³/mol. The van der Waals surface area contributed by atoms with Crippen molar-refractivity contribution in [2.24, 2.45) is 0 Å². The number of amides is 2. The number of aromatic amines is 1. The van der Waals surface area contributed by atoms with Crippen LogP contribution in [0.1, 0.15) is 42.1 Å². The van der Waals surface area contributed by atoms with Gasteiger partial charge >= 0.3 is 6.09 Å². The number of nitrogens with one attached hydrogen (secondary N) is 2. The van der Waals surface area contributed by atoms with Crippen molar-refractivity contribution in [1.29, 1.82) is 0 Å². The van der Waals surface area contributed by atoms with E-state index in [0.29, 0.717) is 34.8 Å². The third-order valence-corrected chi connectivity index (χ3v) is 6.71. The average molecular weight is 545 g/mol. The number of ether oxygens (including phenoxy) is 3. The van der Waals surface area contributed by atoms with Crippen LogP contribution in [-0.2, 0) is 14.2 Å². The van der Waals surface area contributed by atoms with Crippen LogP contribution < -0.4 is 5.32 Å². The lowest BCUT2D eigenvalue weighted by Gasteiger charge is -2.22. The van der Waals surface area contributed by atoms with E-state index in [1.165, 1.54) is 4.90 Å². The maximum atomic E-state index is 13.1. The van der Waals surface area contributed by atoms with Crippen molar-refractivity contribution in [2.45, 2.75) is 32.3 Å². The van der Waals surface area contributed by atoms with Gasteiger partial charge in [-0.2, -0.15) is 0 Å². The molecule has 1 atom stereocenters. The Hall–Kier alpha value is -4.37. The summed E-state index contributed by atoms with van der Waals surface area (Å²) in [6.07, 6.45) is 11.5. The molecule has 1 saturated heterocycles. The van der Waals surface area contributed by atoms with Gasteiger partial charge in [0, 0.05) is 55.2 Å². The first-order valence-corrected chi connectivity index (χ1v) is 13.3. The Morgan fingerprint density at radius 1 is 1.23 bits per heavy atom. The van der Waals surface area contributed by atoms with Crippen molar-refractivity contribution in [2.75, 3.05) is 39.7 Å². The molecular formula is C31H36N4O5. The summed E-state index contributed by atoms with van der Waals surface area (Å²) in [6, 6.07) is 7.28. The zero-order valence-corrected chi connectivity index (χ0v) is 23.5. The van der Waals surface area contributed by atoms with Gasteiger partial charge in [0.05, 0.1) is 24.5 Å². The van der Waals surface area contributed by atoms with Crippen molar-refractivity contribution in [1.82, 2.24) is 14.9 Å². The van der Waals surface area contributed by atoms with Gasteiger partial charge in [-0.15, -0.1) is 0 Å². The van der Waals surface area contributed by atoms with Crippen LogP contribution in [0.3, 0.4) is 0 Å². The van der Waals surface area contributed by atoms with E-state index < -0.39 is 6.09 Å². The molecule has 9 nitrogen and oxygen atoms in total. The molecule has 40 heavy (non-hydrogen) atoms. The summed E-state index contributed by atoms with van der Waals surface area (Å²) in [6.45, 7) is 7.01. The molecule has 4 rings (SSSR count). The topological polar surface area (TPSA) is 106 Å². The monoisotopic (exact) mass is 544 g/mol. The molecule has 9 heteroatoms. The fourth-order valence-corrected chi connectivity index (χ4v) is 4.52. The molecule has 210 valence electrons. The van der Waals surface area contributed by atoms with Gasteiger partial charge in [-0.05, 0) is 56.0 Å². The maximum absolute atomic E-state index is 13.1. The van der Waals surface area contributed by atoms with Crippen molar-refractivity contribution in [3.63, 3.8) is 0 Å². The number of rotatable bonds is 9. The molecule has 0 radical (unpaired) electrons. The highest BCUT2D eigenvalue weighted by Crippen LogP contribution is 2.32. The van der Waals surface area contributed by atoms with E-state index in [1.54, 1.807) is 39.5 Å². The van der Waals surface area contributed by atoms with Crippen LogP contribution in [0.25, 0.3) is 27.7 Å². The minimum absolute atomic E-state index is 0.0971. The maximum Gasteiger partial charge on any atom is 0.411 e. The Morgan fingerprint density at radius 2 is 2.05 bits per heavy atom. The summed E-state index contributed by atoms with van der Waals surface area (Å²) in [4.78, 5) is 34.9. The Morgan fingerprint density at radius 3 is 2.75 bits per heavy atom. The first kappa shape index (κ1) is 28.6. The lowest BCUT2D eigenvalue weighted by Crippen LogP contribution is -2.28. The van der Waals surface area contributed by atoms with Gasteiger partial charge in [0.15, 0.2) is 0 Å². The van der Waals surface area contributed by atoms with Gasteiger partial charge in [-0.1, -0.05) is 24.8 Å². The molecule has 2 aromatic heterocycles. The summed E-state index contributed by atoms with van der Waals surface area (Å²) in [5.74, 6) is 0.386. The normalized spacial score (nSPS) is 15.7. The van der Waals surface area contributed by atoms with E-state index in [4.69, 9.17) is 14.2 Å². The van der Waals surface area contributed by atoms with Crippen molar-refractivity contribution < 1.29 is 23.8 Å². The third-order valence-electron chi connectivity index (χ3n) is 6.71. The zero-order chi connectivity index (χ0) is 28.6. The van der Waals surface area contributed by atoms with Gasteiger partial charge < -0.3 is 24.1 Å². The molecule has 1 unspecified atom stereocenters. The highest BCUT2D eigenvalue weighted by molar-refractivity contribution is 6.04. The van der Waals surface area contributed by atoms with Gasteiger partial charge in [-0.3, -0.25) is 10.1 Å². The second-order valence-corrected chi connectivity index (χ2v) is 9.73. The van der Waals surface area contributed by atoms with E-state index in [9.17, 15) is 9.59 Å². The third kappa shape index (κ3) is 6.60. The zero-order valence-electron chi connectivity index (χ0n) is 23.5. The minimum Gasteiger partial charge on any atom is -0.496 e. The first-order chi connectivity index (χ1) is 19.3. The second-order valence-electron chi connectivity index (χ2n) is 9.73. The van der Waals surface area contributed by atoms with E-state index in [-0.39, 0.29) is 18.6 Å². The number of pyridine rings is 1. The second kappa shape index (κ2) is 13.1. The predicted octanol–water partition coefficient (Wildman–Crippen LogP) is 6.17. The lowest BCUT2D eigenvalue weighted by molar-refractivity contribution is -0.0203. The molecule has 2 amide bonds. The molecule has 1 fully saturated rings. The van der Waals surface area contributed by atoms with E-state index >= 15 is 0 Å². The quantitative estimate of drug-likeness (QED) is 0.247. The summed E-state index contributed by atoms with van der Waals surface area (Å²) >= 11 is 0. The Kier molecular flexibility index (Phi) is 9.39. The minimum atomic E-state index is -0.631. The molecule has 3 heterocycles. The van der Waals surface area contributed by atoms with Gasteiger partial charge in [0.2, 0.25) is 0 Å². The molecule has 0 bridgehead atoms. The Labute approximate surface area is 234 Å². The number of nitrogens with zero attached hydrogens (tertiary/aromatic N) is 2. The van der Waals surface area contributed by atoms with Crippen LogP contribution in [0.2, 0.25) is 0 Å². The van der Waals surface area contributed by atoms with Crippen LogP contribution in [0, 0.1) is 0 Å². The van der Waals surface area contributed by atoms with Crippen molar-refractivity contribution >= 4 is 34.3 Å². The van der Waals surface area contributed by atoms with E-state index in [2.05, 4.69) is 21.9 Å². The molecule has 1 aliphatic rings. The standard InChI is InChI=1S/C31H36N4O5/c1-6-7-11-28(38-5)20(2)26-18-33-29-24(26)16-22(17-32-29)21-12-13-27(25(15-21)30(36)35(3)4)34-31(37)40-19-23-10-8-9-14-39-23/h6-7,11-13,15-18,23H,2,8-10,14,19H2,1,3-5H3,(H,32,33)(H,34,37)/b7-6-,28-11+. The highest BCUT2D eigenvalue weighted by atomic mass is 16.6. The number of aromatic nitrogens is 2. The first-order valence-electron chi connectivity index (χ1n) is 13.3. The van der Waals surface area contributed by atoms with Crippen LogP contribution in [0.15, 0.2) is 67.2 Å². The Balaban J connectivity index is 1.62. The molecule has 0 spiro atoms. The molecule has 1 aliphatic heterocycles. The summed E-state index contributed by atoms with van der Waals surface area (Å²) in [5, 5.41) is 3.59. The molecule has 0 aliphatic carbocycles. The lowest BCUT2D eigenvalue weighted by atomic mass is 9.99. The fourth-order valence-electron chi connectivity index (χ4n) is 4.52. The Bertz CT molecular complexity index is 1450. The van der Waals surface area contributed by atoms with Gasteiger partial charge in [0.1, 0.15) is 18.0 Å². The number of hydrogen-bond acceptors (Lipinski definition) is 6. The van der Waals surface area contributed by atoms with Crippen LogP contribution >= 0.6 is 0 Å². The van der Waals surface area contributed by atoms with E-state index in [1.807, 2.05) is 43.5 Å². The molecular weight excluding hydrogens is 508 g/mol. The number of hydrogen-bond donors (Lipinski definition) is 2. The molecule has 3 aromatic rings. The number of carbonyl (C=O) groups is 2. The number of methoxy groups -OCH3 is 1. The number of benzene rings is 1. The highest BCUT2D eigenvalue weighted by Gasteiger charge is 2.20. The van der Waals surface area contributed by atoms with Crippen LogP contribution in [-0.4, -0.2) is 67.4 Å². The van der Waals surface area contributed by atoms with Gasteiger partial charge in [-0.25, -0.2) is 9.78 Å². The van der Waals surface area contributed by atoms with E-state index in [0.717, 1.165) is 41.3 Å². The smallest absolute Gasteiger partial charge is 0.411 e. The number of anilines is 1.